The highest BCUT2D eigenvalue weighted by molar-refractivity contribution is 7.13. The van der Waals surface area contributed by atoms with E-state index < -0.39 is 23.0 Å². The van der Waals surface area contributed by atoms with Gasteiger partial charge in [0.15, 0.2) is 5.01 Å². The Morgan fingerprint density at radius 2 is 2.13 bits per heavy atom. The van der Waals surface area contributed by atoms with Crippen molar-refractivity contribution in [2.75, 3.05) is 19.7 Å². The minimum absolute atomic E-state index is 0.0261. The van der Waals surface area contributed by atoms with Gasteiger partial charge in [-0.15, -0.1) is 11.3 Å². The fourth-order valence-electron chi connectivity index (χ4n) is 2.47. The Morgan fingerprint density at radius 1 is 1.43 bits per heavy atom. The summed E-state index contributed by atoms with van der Waals surface area (Å²) in [6.07, 6.45) is -3.35. The van der Waals surface area contributed by atoms with Gasteiger partial charge in [-0.1, -0.05) is 0 Å². The Hall–Kier alpha value is -1.64. The molecule has 0 spiro atoms. The number of hydrogen-bond acceptors (Lipinski definition) is 5. The molecule has 1 amide bonds. The van der Waals surface area contributed by atoms with E-state index in [1.54, 1.807) is 6.92 Å². The molecule has 0 bridgehead atoms. The number of ether oxygens (including phenoxy) is 1. The SMILES string of the molecule is CCOC(=O)C1CCCN(C(=O)c2sc(C(F)(F)F)nc2C)C1. The first-order chi connectivity index (χ1) is 10.7. The average Bonchev–Trinajstić information content (AvgIpc) is 2.89. The van der Waals surface area contributed by atoms with Crippen molar-refractivity contribution in [1.82, 2.24) is 9.88 Å². The first-order valence-corrected chi connectivity index (χ1v) is 8.06. The predicted octanol–water partition coefficient (Wildman–Crippen LogP) is 2.89. The van der Waals surface area contributed by atoms with E-state index in [1.165, 1.54) is 11.8 Å². The second kappa shape index (κ2) is 6.86. The molecule has 23 heavy (non-hydrogen) atoms. The maximum atomic E-state index is 12.7. The molecule has 0 N–H and O–H groups in total. The topological polar surface area (TPSA) is 59.5 Å². The molecule has 128 valence electrons. The zero-order chi connectivity index (χ0) is 17.2. The third-order valence-electron chi connectivity index (χ3n) is 3.56. The molecule has 1 aromatic rings. The lowest BCUT2D eigenvalue weighted by atomic mass is 9.98. The van der Waals surface area contributed by atoms with Gasteiger partial charge in [0.05, 0.1) is 18.2 Å². The highest BCUT2D eigenvalue weighted by Crippen LogP contribution is 2.35. The van der Waals surface area contributed by atoms with Crippen molar-refractivity contribution < 1.29 is 27.5 Å². The number of amides is 1. The van der Waals surface area contributed by atoms with E-state index in [2.05, 4.69) is 4.98 Å². The number of nitrogens with zero attached hydrogens (tertiary/aromatic N) is 2. The fourth-order valence-corrected chi connectivity index (χ4v) is 3.38. The molecule has 9 heteroatoms. The smallest absolute Gasteiger partial charge is 0.443 e. The molecule has 0 saturated carbocycles. The Morgan fingerprint density at radius 3 is 2.70 bits per heavy atom. The number of rotatable bonds is 3. The molecule has 0 aliphatic carbocycles. The number of alkyl halides is 3. The van der Waals surface area contributed by atoms with Crippen molar-refractivity contribution in [3.05, 3.63) is 15.6 Å². The molecule has 0 aromatic carbocycles. The first kappa shape index (κ1) is 17.7. The molecular weight excluding hydrogens is 333 g/mol. The molecule has 1 atom stereocenters. The Bertz CT molecular complexity index is 601. The second-order valence-electron chi connectivity index (χ2n) is 5.27. The van der Waals surface area contributed by atoms with Crippen LogP contribution in [0, 0.1) is 12.8 Å². The van der Waals surface area contributed by atoms with E-state index in [9.17, 15) is 22.8 Å². The lowest BCUT2D eigenvalue weighted by Crippen LogP contribution is -2.42. The minimum atomic E-state index is -4.57. The van der Waals surface area contributed by atoms with Gasteiger partial charge in [-0.05, 0) is 26.7 Å². The normalized spacial score (nSPS) is 18.8. The van der Waals surface area contributed by atoms with Gasteiger partial charge in [0.2, 0.25) is 0 Å². The van der Waals surface area contributed by atoms with Crippen molar-refractivity contribution in [2.45, 2.75) is 32.9 Å². The second-order valence-corrected chi connectivity index (χ2v) is 6.27. The monoisotopic (exact) mass is 350 g/mol. The third-order valence-corrected chi connectivity index (χ3v) is 4.75. The highest BCUT2D eigenvalue weighted by atomic mass is 32.1. The summed E-state index contributed by atoms with van der Waals surface area (Å²) in [5, 5.41) is -1.03. The zero-order valence-electron chi connectivity index (χ0n) is 12.8. The largest absolute Gasteiger partial charge is 0.466 e. The number of thiazole rings is 1. The Kier molecular flexibility index (Phi) is 5.28. The van der Waals surface area contributed by atoms with Crippen LogP contribution in [0.5, 0.6) is 0 Å². The molecule has 1 saturated heterocycles. The zero-order valence-corrected chi connectivity index (χ0v) is 13.6. The van der Waals surface area contributed by atoms with Crippen LogP contribution in [0.25, 0.3) is 0 Å². The molecule has 2 rings (SSSR count). The molecule has 1 aromatic heterocycles. The summed E-state index contributed by atoms with van der Waals surface area (Å²) < 4.78 is 43.1. The van der Waals surface area contributed by atoms with Crippen LogP contribution in [0.15, 0.2) is 0 Å². The quantitative estimate of drug-likeness (QED) is 0.787. The summed E-state index contributed by atoms with van der Waals surface area (Å²) in [5.74, 6) is -1.31. The Labute approximate surface area is 135 Å². The van der Waals surface area contributed by atoms with Gasteiger partial charge in [-0.25, -0.2) is 4.98 Å². The van der Waals surface area contributed by atoms with E-state index in [0.29, 0.717) is 30.7 Å². The van der Waals surface area contributed by atoms with E-state index in [4.69, 9.17) is 4.74 Å². The van der Waals surface area contributed by atoms with Crippen LogP contribution in [0.2, 0.25) is 0 Å². The molecule has 1 aliphatic rings. The number of carbonyl (C=O) groups is 2. The number of carbonyl (C=O) groups excluding carboxylic acids is 2. The van der Waals surface area contributed by atoms with E-state index in [1.807, 2.05) is 0 Å². The van der Waals surface area contributed by atoms with Crippen LogP contribution in [-0.4, -0.2) is 41.5 Å². The number of likely N-dealkylation sites (tertiary alicyclic amines) is 1. The molecule has 0 radical (unpaired) electrons. The maximum absolute atomic E-state index is 12.7. The fraction of sp³-hybridized carbons (Fsp3) is 0.643. The van der Waals surface area contributed by atoms with E-state index >= 15 is 0 Å². The standard InChI is InChI=1S/C14H17F3N2O3S/c1-3-22-12(21)9-5-4-6-19(7-9)11(20)10-8(2)18-13(23-10)14(15,16)17/h9H,3-7H2,1-2H3. The van der Waals surface area contributed by atoms with Crippen molar-refractivity contribution in [3.63, 3.8) is 0 Å². The van der Waals surface area contributed by atoms with Crippen LogP contribution in [0.4, 0.5) is 13.2 Å². The summed E-state index contributed by atoms with van der Waals surface area (Å²) in [4.78, 5) is 29.1. The molecule has 1 unspecified atom stereocenters. The van der Waals surface area contributed by atoms with E-state index in [-0.39, 0.29) is 29.7 Å². The minimum Gasteiger partial charge on any atom is -0.466 e. The van der Waals surface area contributed by atoms with Gasteiger partial charge in [0.1, 0.15) is 4.88 Å². The van der Waals surface area contributed by atoms with Gasteiger partial charge in [-0.2, -0.15) is 13.2 Å². The maximum Gasteiger partial charge on any atom is 0.443 e. The number of aryl methyl sites for hydroxylation is 1. The number of piperidine rings is 1. The summed E-state index contributed by atoms with van der Waals surface area (Å²) in [5.41, 5.74) is 0.0607. The average molecular weight is 350 g/mol. The van der Waals surface area contributed by atoms with Crippen LogP contribution >= 0.6 is 11.3 Å². The summed E-state index contributed by atoms with van der Waals surface area (Å²) >= 11 is 0.345. The van der Waals surface area contributed by atoms with Crippen molar-refractivity contribution in [1.29, 1.82) is 0 Å². The van der Waals surface area contributed by atoms with Gasteiger partial charge in [0.25, 0.3) is 5.91 Å². The van der Waals surface area contributed by atoms with E-state index in [0.717, 1.165) is 0 Å². The lowest BCUT2D eigenvalue weighted by molar-refractivity contribution is -0.149. The lowest BCUT2D eigenvalue weighted by Gasteiger charge is -2.31. The predicted molar refractivity (Wildman–Crippen MR) is 77.1 cm³/mol. The number of aromatic nitrogens is 1. The van der Waals surface area contributed by atoms with Crippen molar-refractivity contribution >= 4 is 23.2 Å². The van der Waals surface area contributed by atoms with Crippen molar-refractivity contribution in [3.8, 4) is 0 Å². The number of halogens is 3. The summed E-state index contributed by atoms with van der Waals surface area (Å²) in [7, 11) is 0. The van der Waals surface area contributed by atoms with Crippen LogP contribution in [-0.2, 0) is 15.7 Å². The first-order valence-electron chi connectivity index (χ1n) is 7.24. The molecule has 5 nitrogen and oxygen atoms in total. The number of esters is 1. The molecule has 1 aliphatic heterocycles. The van der Waals surface area contributed by atoms with Crippen molar-refractivity contribution in [2.24, 2.45) is 5.92 Å². The van der Waals surface area contributed by atoms with Gasteiger partial charge in [0, 0.05) is 13.1 Å². The van der Waals surface area contributed by atoms with Gasteiger partial charge >= 0.3 is 12.1 Å². The third kappa shape index (κ3) is 4.01. The van der Waals surface area contributed by atoms with Crippen LogP contribution < -0.4 is 0 Å². The van der Waals surface area contributed by atoms with Crippen LogP contribution in [0.1, 0.15) is 40.1 Å². The summed E-state index contributed by atoms with van der Waals surface area (Å²) in [6, 6.07) is 0. The molecule has 2 heterocycles. The van der Waals surface area contributed by atoms with Gasteiger partial charge < -0.3 is 9.64 Å². The van der Waals surface area contributed by atoms with Crippen LogP contribution in [0.3, 0.4) is 0 Å². The Balaban J connectivity index is 2.14. The molecular formula is C14H17F3N2O3S. The highest BCUT2D eigenvalue weighted by Gasteiger charge is 2.38. The molecule has 1 fully saturated rings. The van der Waals surface area contributed by atoms with Gasteiger partial charge in [-0.3, -0.25) is 9.59 Å². The number of hydrogen-bond donors (Lipinski definition) is 0. The summed E-state index contributed by atoms with van der Waals surface area (Å²) in [6.45, 7) is 3.91.